The fourth-order valence-electron chi connectivity index (χ4n) is 2.70. The highest BCUT2D eigenvalue weighted by molar-refractivity contribution is 8.00. The molecule has 3 unspecified atom stereocenters. The molecular formula is C16H24FNO2S. The third kappa shape index (κ3) is 5.58. The van der Waals surface area contributed by atoms with E-state index in [0.717, 1.165) is 13.1 Å². The number of ether oxygens (including phenoxy) is 1. The molecule has 1 N–H and O–H groups in total. The van der Waals surface area contributed by atoms with E-state index >= 15 is 0 Å². The van der Waals surface area contributed by atoms with Crippen LogP contribution in [0.4, 0.5) is 4.39 Å². The minimum absolute atomic E-state index is 0.201. The summed E-state index contributed by atoms with van der Waals surface area (Å²) in [7, 11) is 0. The zero-order chi connectivity index (χ0) is 15.2. The maximum atomic E-state index is 13.4. The van der Waals surface area contributed by atoms with E-state index in [1.54, 1.807) is 18.2 Å². The van der Waals surface area contributed by atoms with Crippen molar-refractivity contribution in [2.75, 3.05) is 26.2 Å². The molecule has 0 spiro atoms. The van der Waals surface area contributed by atoms with Crippen LogP contribution in [0.1, 0.15) is 19.4 Å². The molecule has 0 amide bonds. The first-order chi connectivity index (χ1) is 10.0. The van der Waals surface area contributed by atoms with Gasteiger partial charge in [0.05, 0.1) is 19.3 Å². The lowest BCUT2D eigenvalue weighted by Gasteiger charge is -2.35. The summed E-state index contributed by atoms with van der Waals surface area (Å²) < 4.78 is 18.9. The molecule has 5 heteroatoms. The van der Waals surface area contributed by atoms with Crippen LogP contribution < -0.4 is 0 Å². The highest BCUT2D eigenvalue weighted by Gasteiger charge is 2.23. The molecule has 1 heterocycles. The molecule has 1 saturated heterocycles. The first-order valence-corrected chi connectivity index (χ1v) is 8.36. The smallest absolute Gasteiger partial charge is 0.128 e. The summed E-state index contributed by atoms with van der Waals surface area (Å²) in [6.45, 7) is 7.49. The standard InChI is InChI=1S/C16H24FNO2S/c1-12-7-18(8-13(2)21-12)9-15(19)11-20-10-14-5-3-4-6-16(14)17/h3-6,12-13,15,19H,7-11H2,1-2H3. The van der Waals surface area contributed by atoms with E-state index in [1.165, 1.54) is 6.07 Å². The van der Waals surface area contributed by atoms with Gasteiger partial charge in [-0.15, -0.1) is 0 Å². The van der Waals surface area contributed by atoms with Gasteiger partial charge < -0.3 is 9.84 Å². The molecule has 1 aliphatic heterocycles. The van der Waals surface area contributed by atoms with Crippen LogP contribution in [0, 0.1) is 5.82 Å². The second-order valence-electron chi connectivity index (χ2n) is 5.74. The number of aliphatic hydroxyl groups excluding tert-OH is 1. The van der Waals surface area contributed by atoms with Gasteiger partial charge in [-0.05, 0) is 6.07 Å². The lowest BCUT2D eigenvalue weighted by molar-refractivity contribution is 0.00896. The van der Waals surface area contributed by atoms with Crippen molar-refractivity contribution in [3.8, 4) is 0 Å². The molecule has 1 aliphatic rings. The second-order valence-corrected chi connectivity index (χ2v) is 7.62. The summed E-state index contributed by atoms with van der Waals surface area (Å²) in [5.74, 6) is -0.261. The van der Waals surface area contributed by atoms with E-state index in [9.17, 15) is 9.50 Å². The zero-order valence-corrected chi connectivity index (χ0v) is 13.5. The molecular weight excluding hydrogens is 289 g/mol. The van der Waals surface area contributed by atoms with Gasteiger partial charge in [0.15, 0.2) is 0 Å². The molecule has 2 rings (SSSR count). The van der Waals surface area contributed by atoms with Gasteiger partial charge in [-0.25, -0.2) is 4.39 Å². The average molecular weight is 313 g/mol. The molecule has 1 fully saturated rings. The van der Waals surface area contributed by atoms with Crippen molar-refractivity contribution >= 4 is 11.8 Å². The monoisotopic (exact) mass is 313 g/mol. The molecule has 0 saturated carbocycles. The number of halogens is 1. The molecule has 3 nitrogen and oxygen atoms in total. The Balaban J connectivity index is 1.70. The number of aliphatic hydroxyl groups is 1. The molecule has 118 valence electrons. The molecule has 0 radical (unpaired) electrons. The van der Waals surface area contributed by atoms with Crippen LogP contribution in [-0.2, 0) is 11.3 Å². The maximum Gasteiger partial charge on any atom is 0.128 e. The van der Waals surface area contributed by atoms with Gasteiger partial charge in [0.2, 0.25) is 0 Å². The van der Waals surface area contributed by atoms with Crippen molar-refractivity contribution in [2.24, 2.45) is 0 Å². The molecule has 0 aliphatic carbocycles. The molecule has 0 bridgehead atoms. The average Bonchev–Trinajstić information content (AvgIpc) is 2.39. The number of hydrogen-bond acceptors (Lipinski definition) is 4. The predicted octanol–water partition coefficient (Wildman–Crippen LogP) is 2.53. The van der Waals surface area contributed by atoms with E-state index in [-0.39, 0.29) is 19.0 Å². The van der Waals surface area contributed by atoms with E-state index in [4.69, 9.17) is 4.74 Å². The van der Waals surface area contributed by atoms with Gasteiger partial charge in [0.1, 0.15) is 5.82 Å². The Kier molecular flexibility index (Phi) is 6.48. The summed E-state index contributed by atoms with van der Waals surface area (Å²) in [6, 6.07) is 6.56. The Morgan fingerprint density at radius 1 is 1.33 bits per heavy atom. The summed E-state index contributed by atoms with van der Waals surface area (Å²) >= 11 is 1.99. The lowest BCUT2D eigenvalue weighted by atomic mass is 10.2. The van der Waals surface area contributed by atoms with Crippen molar-refractivity contribution in [2.45, 2.75) is 37.1 Å². The maximum absolute atomic E-state index is 13.4. The van der Waals surface area contributed by atoms with Crippen molar-refractivity contribution in [3.05, 3.63) is 35.6 Å². The minimum atomic E-state index is -0.528. The number of thioether (sulfide) groups is 1. The van der Waals surface area contributed by atoms with Crippen molar-refractivity contribution in [3.63, 3.8) is 0 Å². The van der Waals surface area contributed by atoms with Gasteiger partial charge in [-0.2, -0.15) is 11.8 Å². The molecule has 1 aromatic carbocycles. The summed E-state index contributed by atoms with van der Waals surface area (Å²) in [4.78, 5) is 2.28. The third-order valence-corrected chi connectivity index (χ3v) is 4.72. The summed E-state index contributed by atoms with van der Waals surface area (Å²) in [5, 5.41) is 11.2. The summed E-state index contributed by atoms with van der Waals surface area (Å²) in [6.07, 6.45) is -0.528. The van der Waals surface area contributed by atoms with Crippen molar-refractivity contribution in [1.29, 1.82) is 0 Å². The Morgan fingerprint density at radius 3 is 2.67 bits per heavy atom. The van der Waals surface area contributed by atoms with Gasteiger partial charge in [-0.3, -0.25) is 4.90 Å². The van der Waals surface area contributed by atoms with Gasteiger partial charge in [0, 0.05) is 35.7 Å². The van der Waals surface area contributed by atoms with Crippen LogP contribution in [-0.4, -0.2) is 52.9 Å². The third-order valence-electron chi connectivity index (χ3n) is 3.49. The number of nitrogens with zero attached hydrogens (tertiary/aromatic N) is 1. The van der Waals surface area contributed by atoms with E-state index < -0.39 is 6.10 Å². The number of rotatable bonds is 6. The van der Waals surface area contributed by atoms with Gasteiger partial charge in [-0.1, -0.05) is 32.0 Å². The van der Waals surface area contributed by atoms with Crippen LogP contribution in [0.25, 0.3) is 0 Å². The molecule has 3 atom stereocenters. The fourth-order valence-corrected chi connectivity index (χ4v) is 4.09. The van der Waals surface area contributed by atoms with Crippen molar-refractivity contribution < 1.29 is 14.2 Å². The Hall–Kier alpha value is -0.620. The number of β-amino-alcohol motifs (C(OH)–C–C–N with tert-alkyl or cyclic N) is 1. The van der Waals surface area contributed by atoms with Gasteiger partial charge >= 0.3 is 0 Å². The lowest BCUT2D eigenvalue weighted by Crippen LogP contribution is -2.44. The van der Waals surface area contributed by atoms with Crippen LogP contribution >= 0.6 is 11.8 Å². The van der Waals surface area contributed by atoms with Gasteiger partial charge in [0.25, 0.3) is 0 Å². The van der Waals surface area contributed by atoms with Crippen LogP contribution in [0.5, 0.6) is 0 Å². The van der Waals surface area contributed by atoms with E-state index in [2.05, 4.69) is 18.7 Å². The largest absolute Gasteiger partial charge is 0.389 e. The Labute approximate surface area is 130 Å². The first-order valence-electron chi connectivity index (χ1n) is 7.41. The molecule has 0 aromatic heterocycles. The highest BCUT2D eigenvalue weighted by Crippen LogP contribution is 2.24. The Bertz CT molecular complexity index is 436. The normalized spacial score (nSPS) is 25.0. The zero-order valence-electron chi connectivity index (χ0n) is 12.7. The minimum Gasteiger partial charge on any atom is -0.389 e. The van der Waals surface area contributed by atoms with Crippen LogP contribution in [0.3, 0.4) is 0 Å². The first kappa shape index (κ1) is 16.7. The second kappa shape index (κ2) is 8.13. The van der Waals surface area contributed by atoms with E-state index in [0.29, 0.717) is 22.6 Å². The quantitative estimate of drug-likeness (QED) is 0.875. The number of benzene rings is 1. The van der Waals surface area contributed by atoms with E-state index in [1.807, 2.05) is 11.8 Å². The predicted molar refractivity (Wildman–Crippen MR) is 85.0 cm³/mol. The number of hydrogen-bond donors (Lipinski definition) is 1. The highest BCUT2D eigenvalue weighted by atomic mass is 32.2. The Morgan fingerprint density at radius 2 is 2.00 bits per heavy atom. The van der Waals surface area contributed by atoms with Crippen LogP contribution in [0.2, 0.25) is 0 Å². The summed E-state index contributed by atoms with van der Waals surface area (Å²) in [5.41, 5.74) is 0.529. The van der Waals surface area contributed by atoms with Crippen LogP contribution in [0.15, 0.2) is 24.3 Å². The topological polar surface area (TPSA) is 32.7 Å². The fraction of sp³-hybridized carbons (Fsp3) is 0.625. The molecule has 21 heavy (non-hydrogen) atoms. The SMILES string of the molecule is CC1CN(CC(O)COCc2ccccc2F)CC(C)S1. The van der Waals surface area contributed by atoms with Crippen molar-refractivity contribution in [1.82, 2.24) is 4.90 Å². The molecule has 1 aromatic rings.